The monoisotopic (exact) mass is 501 g/mol. The summed E-state index contributed by atoms with van der Waals surface area (Å²) in [5.41, 5.74) is 0.877. The highest BCUT2D eigenvalue weighted by Gasteiger charge is 2.45. The maximum Gasteiger partial charge on any atom is 0.408 e. The van der Waals surface area contributed by atoms with Gasteiger partial charge >= 0.3 is 6.09 Å². The molecule has 1 aliphatic rings. The number of hydrogen-bond acceptors (Lipinski definition) is 6. The molecule has 1 atom stereocenters. The largest absolute Gasteiger partial charge is 0.494 e. The van der Waals surface area contributed by atoms with Crippen molar-refractivity contribution in [3.05, 3.63) is 47.8 Å². The van der Waals surface area contributed by atoms with Crippen LogP contribution in [0.3, 0.4) is 0 Å². The molecule has 0 spiro atoms. The summed E-state index contributed by atoms with van der Waals surface area (Å²) in [6.07, 6.45) is 0.446. The van der Waals surface area contributed by atoms with Crippen LogP contribution >= 0.6 is 0 Å². The second kappa shape index (κ2) is 10.7. The molecule has 2 amide bonds. The Kier molecular flexibility index (Phi) is 8.13. The Hall–Kier alpha value is -3.33. The molecule has 9 heteroatoms. The van der Waals surface area contributed by atoms with Gasteiger partial charge in [0.25, 0.3) is 0 Å². The Morgan fingerprint density at radius 2 is 1.83 bits per heavy atom. The molecule has 2 aromatic carbocycles. The first-order valence-corrected chi connectivity index (χ1v) is 11.9. The molecule has 0 aliphatic carbocycles. The number of halogens is 1. The summed E-state index contributed by atoms with van der Waals surface area (Å²) in [5.74, 6) is -0.541. The van der Waals surface area contributed by atoms with Gasteiger partial charge in [-0.25, -0.2) is 9.18 Å². The van der Waals surface area contributed by atoms with Crippen LogP contribution in [0.1, 0.15) is 39.2 Å². The van der Waals surface area contributed by atoms with E-state index >= 15 is 0 Å². The molecule has 1 heterocycles. The fourth-order valence-electron chi connectivity index (χ4n) is 4.56. The number of carbonyl (C=O) groups is 2. The summed E-state index contributed by atoms with van der Waals surface area (Å²) in [6, 6.07) is 10.2. The van der Waals surface area contributed by atoms with E-state index in [-0.39, 0.29) is 24.8 Å². The zero-order valence-corrected chi connectivity index (χ0v) is 21.9. The molecule has 0 radical (unpaired) electrons. The highest BCUT2D eigenvalue weighted by atomic mass is 19.1. The van der Waals surface area contributed by atoms with Gasteiger partial charge in [-0.15, -0.1) is 0 Å². The van der Waals surface area contributed by atoms with E-state index in [1.165, 1.54) is 18.1 Å². The third-order valence-electron chi connectivity index (χ3n) is 6.12. The first-order valence-electron chi connectivity index (χ1n) is 11.9. The lowest BCUT2D eigenvalue weighted by atomic mass is 9.86. The second-order valence-electron chi connectivity index (χ2n) is 10.3. The molecule has 1 unspecified atom stereocenters. The maximum absolute atomic E-state index is 14.3. The molecule has 1 aliphatic heterocycles. The number of piperidine rings is 1. The standard InChI is InChI=1S/C27H36FN3O5/c1-26(2,3)36-25(34)29-27(24(33)30(4)5)12-7-13-31(17-27)22-10-8-18(14-20(22)16-32)19-9-11-23(35-6)21(28)15-19/h8-11,14-15,32H,7,12-13,16-17H2,1-6H3,(H,29,34). The summed E-state index contributed by atoms with van der Waals surface area (Å²) in [5, 5.41) is 13.0. The third kappa shape index (κ3) is 6.07. The number of carbonyl (C=O) groups excluding carboxylic acids is 2. The van der Waals surface area contributed by atoms with Crippen molar-refractivity contribution in [3.63, 3.8) is 0 Å². The predicted octanol–water partition coefficient (Wildman–Crippen LogP) is 3.95. The van der Waals surface area contributed by atoms with Crippen LogP contribution in [-0.4, -0.2) is 67.4 Å². The lowest BCUT2D eigenvalue weighted by molar-refractivity contribution is -0.136. The first-order chi connectivity index (χ1) is 16.9. The van der Waals surface area contributed by atoms with Gasteiger partial charge in [0.15, 0.2) is 11.6 Å². The number of amides is 2. The molecular formula is C27H36FN3O5. The molecule has 2 aromatic rings. The Bertz CT molecular complexity index is 1120. The Morgan fingerprint density at radius 1 is 1.17 bits per heavy atom. The lowest BCUT2D eigenvalue weighted by Gasteiger charge is -2.44. The average molecular weight is 502 g/mol. The highest BCUT2D eigenvalue weighted by molar-refractivity contribution is 5.91. The first kappa shape index (κ1) is 27.3. The van der Waals surface area contributed by atoms with Gasteiger partial charge < -0.3 is 29.7 Å². The summed E-state index contributed by atoms with van der Waals surface area (Å²) < 4.78 is 24.7. The molecule has 0 aromatic heterocycles. The van der Waals surface area contributed by atoms with Crippen molar-refractivity contribution in [2.24, 2.45) is 0 Å². The van der Waals surface area contributed by atoms with Crippen molar-refractivity contribution in [2.45, 2.75) is 51.4 Å². The molecule has 196 valence electrons. The van der Waals surface area contributed by atoms with Crippen molar-refractivity contribution >= 4 is 17.7 Å². The van der Waals surface area contributed by atoms with Crippen molar-refractivity contribution in [2.75, 3.05) is 39.2 Å². The average Bonchev–Trinajstić information content (AvgIpc) is 2.81. The van der Waals surface area contributed by atoms with Crippen molar-refractivity contribution in [1.29, 1.82) is 0 Å². The number of ether oxygens (including phenoxy) is 2. The van der Waals surface area contributed by atoms with E-state index in [1.54, 1.807) is 47.0 Å². The minimum atomic E-state index is -1.19. The van der Waals surface area contributed by atoms with Crippen LogP contribution in [0, 0.1) is 5.82 Å². The number of likely N-dealkylation sites (N-methyl/N-ethyl adjacent to an activating group) is 1. The van der Waals surface area contributed by atoms with E-state index in [2.05, 4.69) is 5.32 Å². The Morgan fingerprint density at radius 3 is 2.42 bits per heavy atom. The normalized spacial score (nSPS) is 17.9. The van der Waals surface area contributed by atoms with Crippen molar-refractivity contribution in [1.82, 2.24) is 10.2 Å². The summed E-state index contributed by atoms with van der Waals surface area (Å²) >= 11 is 0. The summed E-state index contributed by atoms with van der Waals surface area (Å²) in [4.78, 5) is 29.5. The van der Waals surface area contributed by atoms with Gasteiger partial charge in [0, 0.05) is 31.9 Å². The lowest BCUT2D eigenvalue weighted by Crippen LogP contribution is -2.66. The minimum Gasteiger partial charge on any atom is -0.494 e. The van der Waals surface area contributed by atoms with Crippen LogP contribution in [0.2, 0.25) is 0 Å². The van der Waals surface area contributed by atoms with E-state index in [1.807, 2.05) is 23.1 Å². The highest BCUT2D eigenvalue weighted by Crippen LogP contribution is 2.34. The quantitative estimate of drug-likeness (QED) is 0.623. The summed E-state index contributed by atoms with van der Waals surface area (Å²) in [6.45, 7) is 5.92. The molecular weight excluding hydrogens is 465 g/mol. The van der Waals surface area contributed by atoms with Gasteiger partial charge in [0.2, 0.25) is 5.91 Å². The molecule has 0 bridgehead atoms. The molecule has 0 saturated carbocycles. The van der Waals surface area contributed by atoms with Crippen LogP contribution in [-0.2, 0) is 16.1 Å². The van der Waals surface area contributed by atoms with Crippen LogP contribution in [0.25, 0.3) is 11.1 Å². The molecule has 3 rings (SSSR count). The fraction of sp³-hybridized carbons (Fsp3) is 0.481. The maximum atomic E-state index is 14.3. The van der Waals surface area contributed by atoms with Crippen LogP contribution in [0.5, 0.6) is 5.75 Å². The number of methoxy groups -OCH3 is 1. The predicted molar refractivity (Wildman–Crippen MR) is 137 cm³/mol. The Balaban J connectivity index is 1.93. The Labute approximate surface area is 212 Å². The van der Waals surface area contributed by atoms with Gasteiger partial charge in [0.05, 0.1) is 20.3 Å². The van der Waals surface area contributed by atoms with Crippen molar-refractivity contribution in [3.8, 4) is 16.9 Å². The number of hydrogen-bond donors (Lipinski definition) is 2. The minimum absolute atomic E-state index is 0.158. The molecule has 2 N–H and O–H groups in total. The number of aliphatic hydroxyl groups is 1. The van der Waals surface area contributed by atoms with Gasteiger partial charge in [-0.05, 0) is 69.0 Å². The molecule has 8 nitrogen and oxygen atoms in total. The van der Waals surface area contributed by atoms with E-state index < -0.39 is 23.1 Å². The van der Waals surface area contributed by atoms with E-state index in [9.17, 15) is 19.1 Å². The molecule has 1 saturated heterocycles. The van der Waals surface area contributed by atoms with Crippen LogP contribution < -0.4 is 15.0 Å². The third-order valence-corrected chi connectivity index (χ3v) is 6.12. The molecule has 36 heavy (non-hydrogen) atoms. The van der Waals surface area contributed by atoms with E-state index in [4.69, 9.17) is 9.47 Å². The fourth-order valence-corrected chi connectivity index (χ4v) is 4.56. The number of aliphatic hydroxyl groups excluding tert-OH is 1. The SMILES string of the molecule is COc1ccc(-c2ccc(N3CCCC(NC(=O)OC(C)(C)C)(C(=O)N(C)C)C3)c(CO)c2)cc1F. The zero-order valence-electron chi connectivity index (χ0n) is 21.9. The van der Waals surface area contributed by atoms with Gasteiger partial charge in [-0.1, -0.05) is 12.1 Å². The van der Waals surface area contributed by atoms with Crippen LogP contribution in [0.4, 0.5) is 14.9 Å². The van der Waals surface area contributed by atoms with Crippen molar-refractivity contribution < 1.29 is 28.6 Å². The van der Waals surface area contributed by atoms with Crippen LogP contribution in [0.15, 0.2) is 36.4 Å². The topological polar surface area (TPSA) is 91.3 Å². The number of nitrogens with one attached hydrogen (secondary N) is 1. The smallest absolute Gasteiger partial charge is 0.408 e. The number of benzene rings is 2. The van der Waals surface area contributed by atoms with Gasteiger partial charge in [-0.2, -0.15) is 0 Å². The number of rotatable bonds is 6. The summed E-state index contributed by atoms with van der Waals surface area (Å²) in [7, 11) is 4.72. The number of alkyl carbamates (subject to hydrolysis) is 1. The number of anilines is 1. The second-order valence-corrected chi connectivity index (χ2v) is 10.3. The number of nitrogens with zero attached hydrogens (tertiary/aromatic N) is 2. The van der Waals surface area contributed by atoms with Gasteiger partial charge in [-0.3, -0.25) is 4.79 Å². The van der Waals surface area contributed by atoms with E-state index in [0.717, 1.165) is 11.3 Å². The molecule has 1 fully saturated rings. The zero-order chi connectivity index (χ0) is 26.7. The van der Waals surface area contributed by atoms with Gasteiger partial charge in [0.1, 0.15) is 11.1 Å². The van der Waals surface area contributed by atoms with E-state index in [0.29, 0.717) is 30.5 Å².